The van der Waals surface area contributed by atoms with Crippen LogP contribution in [-0.2, 0) is 6.54 Å². The molecule has 1 atom stereocenters. The van der Waals surface area contributed by atoms with Crippen LogP contribution in [-0.4, -0.2) is 35.6 Å². The molecule has 1 aromatic carbocycles. The number of hydrogen-bond donors (Lipinski definition) is 1. The molecule has 100 valence electrons. The predicted octanol–water partition coefficient (Wildman–Crippen LogP) is 2.14. The van der Waals surface area contributed by atoms with Crippen LogP contribution in [0.1, 0.15) is 12.6 Å². The third-order valence-corrected chi connectivity index (χ3v) is 3.58. The van der Waals surface area contributed by atoms with Gasteiger partial charge >= 0.3 is 0 Å². The van der Waals surface area contributed by atoms with Gasteiger partial charge in [0.15, 0.2) is 0 Å². The molecule has 1 N–H and O–H groups in total. The van der Waals surface area contributed by atoms with E-state index < -0.39 is 0 Å². The summed E-state index contributed by atoms with van der Waals surface area (Å²) in [4.78, 5) is 7.01. The molecule has 0 amide bonds. The number of piperazine rings is 1. The summed E-state index contributed by atoms with van der Waals surface area (Å²) in [6.45, 7) is 6.26. The van der Waals surface area contributed by atoms with Gasteiger partial charge in [-0.05, 0) is 19.1 Å². The van der Waals surface area contributed by atoms with Crippen LogP contribution in [0.15, 0.2) is 41.0 Å². The van der Waals surface area contributed by atoms with E-state index in [0.717, 1.165) is 37.4 Å². The Balaban J connectivity index is 1.71. The van der Waals surface area contributed by atoms with Gasteiger partial charge in [-0.1, -0.05) is 18.2 Å². The molecule has 19 heavy (non-hydrogen) atoms. The molecule has 0 spiro atoms. The van der Waals surface area contributed by atoms with E-state index in [0.29, 0.717) is 11.9 Å². The third-order valence-electron chi connectivity index (χ3n) is 3.58. The zero-order valence-electron chi connectivity index (χ0n) is 11.2. The molecule has 1 aliphatic heterocycles. The highest BCUT2D eigenvalue weighted by molar-refractivity contribution is 5.52. The lowest BCUT2D eigenvalue weighted by Crippen LogP contribution is -2.49. The predicted molar refractivity (Wildman–Crippen MR) is 74.7 cm³/mol. The van der Waals surface area contributed by atoms with Gasteiger partial charge in [-0.15, -0.1) is 0 Å². The lowest BCUT2D eigenvalue weighted by atomic mass is 10.2. The molecule has 0 saturated carbocycles. The zero-order chi connectivity index (χ0) is 13.1. The van der Waals surface area contributed by atoms with E-state index in [-0.39, 0.29) is 0 Å². The summed E-state index contributed by atoms with van der Waals surface area (Å²) < 4.78 is 5.57. The normalized spacial score (nSPS) is 20.6. The highest BCUT2D eigenvalue weighted by Crippen LogP contribution is 2.19. The van der Waals surface area contributed by atoms with Gasteiger partial charge in [-0.2, -0.15) is 0 Å². The summed E-state index contributed by atoms with van der Waals surface area (Å²) in [5, 5.41) is 3.40. The molecule has 0 radical (unpaired) electrons. The first-order chi connectivity index (χ1) is 9.33. The van der Waals surface area contributed by atoms with Crippen molar-refractivity contribution in [1.29, 1.82) is 0 Å². The second-order valence-electron chi connectivity index (χ2n) is 5.03. The van der Waals surface area contributed by atoms with Crippen molar-refractivity contribution in [3.63, 3.8) is 0 Å². The number of nitrogens with zero attached hydrogens (tertiary/aromatic N) is 2. The van der Waals surface area contributed by atoms with Gasteiger partial charge in [0.1, 0.15) is 6.26 Å². The van der Waals surface area contributed by atoms with Crippen molar-refractivity contribution in [2.24, 2.45) is 0 Å². The van der Waals surface area contributed by atoms with E-state index in [1.165, 1.54) is 0 Å². The first-order valence-electron chi connectivity index (χ1n) is 6.77. The maximum Gasteiger partial charge on any atom is 0.226 e. The van der Waals surface area contributed by atoms with Gasteiger partial charge in [0, 0.05) is 37.8 Å². The molecule has 1 aliphatic rings. The largest absolute Gasteiger partial charge is 0.444 e. The summed E-state index contributed by atoms with van der Waals surface area (Å²) in [7, 11) is 0. The Morgan fingerprint density at radius 1 is 1.37 bits per heavy atom. The van der Waals surface area contributed by atoms with E-state index >= 15 is 0 Å². The molecule has 1 saturated heterocycles. The average Bonchev–Trinajstić information content (AvgIpc) is 2.91. The minimum atomic E-state index is 0.547. The first-order valence-corrected chi connectivity index (χ1v) is 6.77. The van der Waals surface area contributed by atoms with Crippen molar-refractivity contribution < 1.29 is 4.42 Å². The van der Waals surface area contributed by atoms with Crippen LogP contribution in [0, 0.1) is 0 Å². The summed E-state index contributed by atoms with van der Waals surface area (Å²) >= 11 is 0. The molecule has 4 heteroatoms. The molecule has 3 rings (SSSR count). The molecule has 1 aromatic heterocycles. The molecule has 0 aliphatic carbocycles. The Labute approximate surface area is 113 Å². The van der Waals surface area contributed by atoms with Crippen LogP contribution in [0.5, 0.6) is 0 Å². The molecule has 2 heterocycles. The molecule has 0 bridgehead atoms. The quantitative estimate of drug-likeness (QED) is 0.914. The van der Waals surface area contributed by atoms with Crippen molar-refractivity contribution >= 4 is 0 Å². The Hall–Kier alpha value is -1.65. The van der Waals surface area contributed by atoms with Crippen LogP contribution in [0.4, 0.5) is 0 Å². The number of nitrogens with one attached hydrogen (secondary N) is 1. The van der Waals surface area contributed by atoms with Crippen molar-refractivity contribution in [1.82, 2.24) is 15.2 Å². The Morgan fingerprint density at radius 2 is 2.21 bits per heavy atom. The average molecular weight is 257 g/mol. The van der Waals surface area contributed by atoms with Gasteiger partial charge in [-0.25, -0.2) is 4.98 Å². The Kier molecular flexibility index (Phi) is 3.62. The summed E-state index contributed by atoms with van der Waals surface area (Å²) in [5.41, 5.74) is 2.04. The smallest absolute Gasteiger partial charge is 0.226 e. The van der Waals surface area contributed by atoms with E-state index in [1.807, 2.05) is 30.3 Å². The van der Waals surface area contributed by atoms with E-state index in [2.05, 4.69) is 22.1 Å². The number of oxazole rings is 1. The fourth-order valence-electron chi connectivity index (χ4n) is 2.42. The van der Waals surface area contributed by atoms with Crippen LogP contribution >= 0.6 is 0 Å². The van der Waals surface area contributed by atoms with Crippen molar-refractivity contribution in [2.45, 2.75) is 19.5 Å². The lowest BCUT2D eigenvalue weighted by molar-refractivity contribution is 0.163. The number of rotatable bonds is 3. The highest BCUT2D eigenvalue weighted by Gasteiger charge is 2.19. The Bertz CT molecular complexity index is 523. The van der Waals surface area contributed by atoms with Crippen LogP contribution in [0.3, 0.4) is 0 Å². The summed E-state index contributed by atoms with van der Waals surface area (Å²) in [6, 6.07) is 10.6. The van der Waals surface area contributed by atoms with Gasteiger partial charge in [-0.3, -0.25) is 4.90 Å². The molecule has 4 nitrogen and oxygen atoms in total. The van der Waals surface area contributed by atoms with E-state index in [9.17, 15) is 0 Å². The van der Waals surface area contributed by atoms with E-state index in [1.54, 1.807) is 6.26 Å². The van der Waals surface area contributed by atoms with Crippen molar-refractivity contribution in [3.8, 4) is 11.5 Å². The second kappa shape index (κ2) is 5.55. The molecule has 1 fully saturated rings. The standard InChI is InChI=1S/C15H19N3O/c1-12-9-16-7-8-18(12)10-14-11-19-15(17-14)13-5-3-2-4-6-13/h2-6,11-12,16H,7-10H2,1H3/t12-/m1/s1. The zero-order valence-corrected chi connectivity index (χ0v) is 11.2. The van der Waals surface area contributed by atoms with E-state index in [4.69, 9.17) is 4.42 Å². The summed E-state index contributed by atoms with van der Waals surface area (Å²) in [5.74, 6) is 0.707. The third kappa shape index (κ3) is 2.85. The summed E-state index contributed by atoms with van der Waals surface area (Å²) in [6.07, 6.45) is 1.77. The van der Waals surface area contributed by atoms with Crippen LogP contribution < -0.4 is 5.32 Å². The number of benzene rings is 1. The maximum atomic E-state index is 5.57. The topological polar surface area (TPSA) is 41.3 Å². The fourth-order valence-corrected chi connectivity index (χ4v) is 2.42. The maximum absolute atomic E-state index is 5.57. The van der Waals surface area contributed by atoms with Crippen molar-refractivity contribution in [2.75, 3.05) is 19.6 Å². The minimum Gasteiger partial charge on any atom is -0.444 e. The molecular formula is C15H19N3O. The molecular weight excluding hydrogens is 238 g/mol. The van der Waals surface area contributed by atoms with Crippen LogP contribution in [0.25, 0.3) is 11.5 Å². The Morgan fingerprint density at radius 3 is 3.00 bits per heavy atom. The van der Waals surface area contributed by atoms with Gasteiger partial charge in [0.2, 0.25) is 5.89 Å². The molecule has 0 unspecified atom stereocenters. The highest BCUT2D eigenvalue weighted by atomic mass is 16.3. The SMILES string of the molecule is C[C@@H]1CNCCN1Cc1coc(-c2ccccc2)n1. The van der Waals surface area contributed by atoms with Gasteiger partial charge < -0.3 is 9.73 Å². The number of aromatic nitrogens is 1. The van der Waals surface area contributed by atoms with Crippen molar-refractivity contribution in [3.05, 3.63) is 42.3 Å². The fraction of sp³-hybridized carbons (Fsp3) is 0.400. The monoisotopic (exact) mass is 257 g/mol. The first kappa shape index (κ1) is 12.4. The minimum absolute atomic E-state index is 0.547. The van der Waals surface area contributed by atoms with Gasteiger partial charge in [0.25, 0.3) is 0 Å². The lowest BCUT2D eigenvalue weighted by Gasteiger charge is -2.33. The van der Waals surface area contributed by atoms with Gasteiger partial charge in [0.05, 0.1) is 5.69 Å². The number of hydrogen-bond acceptors (Lipinski definition) is 4. The van der Waals surface area contributed by atoms with Crippen LogP contribution in [0.2, 0.25) is 0 Å². The second-order valence-corrected chi connectivity index (χ2v) is 5.03. The molecule has 2 aromatic rings.